The molecule has 0 radical (unpaired) electrons. The van der Waals surface area contributed by atoms with Crippen LogP contribution in [0.1, 0.15) is 63.2 Å². The summed E-state index contributed by atoms with van der Waals surface area (Å²) >= 11 is 0. The number of hydrogen-bond donors (Lipinski definition) is 1. The summed E-state index contributed by atoms with van der Waals surface area (Å²) in [6.07, 6.45) is 5.44. The van der Waals surface area contributed by atoms with E-state index in [1.54, 1.807) is 4.90 Å². The molecule has 0 spiro atoms. The highest BCUT2D eigenvalue weighted by Gasteiger charge is 2.34. The summed E-state index contributed by atoms with van der Waals surface area (Å²) in [7, 11) is 0. The molecule has 120 valence electrons. The van der Waals surface area contributed by atoms with Gasteiger partial charge in [0, 0.05) is 18.9 Å². The summed E-state index contributed by atoms with van der Waals surface area (Å²) in [6.45, 7) is 2.86. The molecule has 0 aromatic carbocycles. The van der Waals surface area contributed by atoms with Crippen LogP contribution >= 0.6 is 0 Å². The minimum atomic E-state index is -0.121. The summed E-state index contributed by atoms with van der Waals surface area (Å²) in [6, 6.07) is -0.121. The SMILES string of the molecule is CCN1C(=O)CC[C@H]1c1nc(CNC(=O)C2CCCC2)no1. The van der Waals surface area contributed by atoms with Gasteiger partial charge >= 0.3 is 0 Å². The third kappa shape index (κ3) is 2.98. The largest absolute Gasteiger partial charge is 0.348 e. The van der Waals surface area contributed by atoms with Gasteiger partial charge in [-0.15, -0.1) is 0 Å². The number of rotatable bonds is 5. The molecule has 1 aliphatic carbocycles. The first kappa shape index (κ1) is 15.0. The molecule has 1 saturated heterocycles. The molecule has 1 aliphatic heterocycles. The summed E-state index contributed by atoms with van der Waals surface area (Å²) in [5, 5.41) is 6.79. The lowest BCUT2D eigenvalue weighted by molar-refractivity contribution is -0.129. The molecule has 2 aliphatic rings. The van der Waals surface area contributed by atoms with E-state index in [-0.39, 0.29) is 30.3 Å². The molecular weight excluding hydrogens is 284 g/mol. The first-order valence-electron chi connectivity index (χ1n) is 8.08. The van der Waals surface area contributed by atoms with Crippen LogP contribution in [-0.2, 0) is 16.1 Å². The van der Waals surface area contributed by atoms with Gasteiger partial charge < -0.3 is 14.7 Å². The molecule has 1 atom stereocenters. The van der Waals surface area contributed by atoms with Crippen LogP contribution in [0, 0.1) is 5.92 Å². The number of nitrogens with one attached hydrogen (secondary N) is 1. The van der Waals surface area contributed by atoms with E-state index >= 15 is 0 Å². The summed E-state index contributed by atoms with van der Waals surface area (Å²) in [5.74, 6) is 1.28. The minimum absolute atomic E-state index is 0.0788. The van der Waals surface area contributed by atoms with E-state index in [2.05, 4.69) is 15.5 Å². The number of amides is 2. The van der Waals surface area contributed by atoms with E-state index in [1.165, 1.54) is 0 Å². The molecule has 3 rings (SSSR count). The van der Waals surface area contributed by atoms with Crippen molar-refractivity contribution in [3.63, 3.8) is 0 Å². The Morgan fingerprint density at radius 1 is 1.36 bits per heavy atom. The van der Waals surface area contributed by atoms with Gasteiger partial charge in [-0.2, -0.15) is 4.98 Å². The molecule has 2 heterocycles. The zero-order valence-corrected chi connectivity index (χ0v) is 12.9. The van der Waals surface area contributed by atoms with Crippen molar-refractivity contribution in [2.75, 3.05) is 6.54 Å². The molecule has 1 aromatic heterocycles. The number of likely N-dealkylation sites (tertiary alicyclic amines) is 1. The predicted molar refractivity (Wildman–Crippen MR) is 77.5 cm³/mol. The van der Waals surface area contributed by atoms with Crippen molar-refractivity contribution in [1.29, 1.82) is 0 Å². The predicted octanol–water partition coefficient (Wildman–Crippen LogP) is 1.56. The van der Waals surface area contributed by atoms with Crippen LogP contribution in [0.15, 0.2) is 4.52 Å². The third-order valence-corrected chi connectivity index (χ3v) is 4.58. The molecule has 1 N–H and O–H groups in total. The Hall–Kier alpha value is -1.92. The van der Waals surface area contributed by atoms with Crippen LogP contribution in [0.2, 0.25) is 0 Å². The van der Waals surface area contributed by atoms with Gasteiger partial charge in [-0.3, -0.25) is 9.59 Å². The van der Waals surface area contributed by atoms with Gasteiger partial charge in [0.1, 0.15) is 6.04 Å². The highest BCUT2D eigenvalue weighted by atomic mass is 16.5. The highest BCUT2D eigenvalue weighted by Crippen LogP contribution is 2.31. The van der Waals surface area contributed by atoms with E-state index in [0.29, 0.717) is 31.1 Å². The number of carbonyl (C=O) groups is 2. The van der Waals surface area contributed by atoms with Crippen molar-refractivity contribution in [3.05, 3.63) is 11.7 Å². The second kappa shape index (κ2) is 6.46. The lowest BCUT2D eigenvalue weighted by Gasteiger charge is -2.19. The minimum Gasteiger partial charge on any atom is -0.348 e. The average molecular weight is 306 g/mol. The second-order valence-electron chi connectivity index (χ2n) is 5.98. The fourth-order valence-electron chi connectivity index (χ4n) is 3.36. The second-order valence-corrected chi connectivity index (χ2v) is 5.98. The van der Waals surface area contributed by atoms with E-state index in [0.717, 1.165) is 25.7 Å². The average Bonchev–Trinajstić information content (AvgIpc) is 3.25. The first-order valence-corrected chi connectivity index (χ1v) is 8.08. The molecule has 7 heteroatoms. The van der Waals surface area contributed by atoms with Gasteiger partial charge in [0.05, 0.1) is 6.54 Å². The number of aromatic nitrogens is 2. The van der Waals surface area contributed by atoms with Crippen molar-refractivity contribution in [1.82, 2.24) is 20.4 Å². The highest BCUT2D eigenvalue weighted by molar-refractivity contribution is 5.79. The standard InChI is InChI=1S/C15H22N4O3/c1-2-19-11(7-8-13(19)20)15-17-12(18-22-15)9-16-14(21)10-5-3-4-6-10/h10-11H,2-9H2,1H3,(H,16,21)/t11-/m0/s1. The smallest absolute Gasteiger partial charge is 0.249 e. The monoisotopic (exact) mass is 306 g/mol. The maximum Gasteiger partial charge on any atom is 0.249 e. The van der Waals surface area contributed by atoms with Crippen molar-refractivity contribution < 1.29 is 14.1 Å². The Kier molecular flexibility index (Phi) is 4.40. The van der Waals surface area contributed by atoms with Crippen molar-refractivity contribution in [2.24, 2.45) is 5.92 Å². The lowest BCUT2D eigenvalue weighted by Crippen LogP contribution is -2.29. The van der Waals surface area contributed by atoms with Gasteiger partial charge in [-0.25, -0.2) is 0 Å². The molecule has 0 bridgehead atoms. The molecule has 0 unspecified atom stereocenters. The van der Waals surface area contributed by atoms with Crippen LogP contribution in [0.5, 0.6) is 0 Å². The molecular formula is C15H22N4O3. The molecule has 22 heavy (non-hydrogen) atoms. The van der Waals surface area contributed by atoms with E-state index in [4.69, 9.17) is 4.52 Å². The fraction of sp³-hybridized carbons (Fsp3) is 0.733. The summed E-state index contributed by atoms with van der Waals surface area (Å²) < 4.78 is 5.28. The zero-order chi connectivity index (χ0) is 15.5. The summed E-state index contributed by atoms with van der Waals surface area (Å²) in [4.78, 5) is 29.8. The molecule has 7 nitrogen and oxygen atoms in total. The first-order chi connectivity index (χ1) is 10.7. The molecule has 2 fully saturated rings. The van der Waals surface area contributed by atoms with Crippen LogP contribution in [0.3, 0.4) is 0 Å². The van der Waals surface area contributed by atoms with E-state index in [9.17, 15) is 9.59 Å². The Bertz CT molecular complexity index is 551. The van der Waals surface area contributed by atoms with Gasteiger partial charge in [-0.1, -0.05) is 18.0 Å². The number of carbonyl (C=O) groups excluding carboxylic acids is 2. The van der Waals surface area contributed by atoms with E-state index < -0.39 is 0 Å². The van der Waals surface area contributed by atoms with Crippen LogP contribution < -0.4 is 5.32 Å². The number of hydrogen-bond acceptors (Lipinski definition) is 5. The topological polar surface area (TPSA) is 88.3 Å². The Morgan fingerprint density at radius 2 is 2.14 bits per heavy atom. The molecule has 1 aromatic rings. The van der Waals surface area contributed by atoms with Gasteiger partial charge in [0.25, 0.3) is 0 Å². The normalized spacial score (nSPS) is 22.5. The lowest BCUT2D eigenvalue weighted by atomic mass is 10.1. The van der Waals surface area contributed by atoms with Gasteiger partial charge in [0.15, 0.2) is 5.82 Å². The Morgan fingerprint density at radius 3 is 2.86 bits per heavy atom. The quantitative estimate of drug-likeness (QED) is 0.892. The van der Waals surface area contributed by atoms with Gasteiger partial charge in [0.2, 0.25) is 17.7 Å². The van der Waals surface area contributed by atoms with Gasteiger partial charge in [-0.05, 0) is 26.2 Å². The Balaban J connectivity index is 1.57. The van der Waals surface area contributed by atoms with Crippen molar-refractivity contribution >= 4 is 11.8 Å². The van der Waals surface area contributed by atoms with Crippen LogP contribution in [-0.4, -0.2) is 33.4 Å². The molecule has 2 amide bonds. The molecule has 1 saturated carbocycles. The Labute approximate surface area is 129 Å². The number of nitrogens with zero attached hydrogens (tertiary/aromatic N) is 3. The maximum atomic E-state index is 12.0. The van der Waals surface area contributed by atoms with Crippen LogP contribution in [0.4, 0.5) is 0 Å². The van der Waals surface area contributed by atoms with Crippen molar-refractivity contribution in [2.45, 2.75) is 58.0 Å². The van der Waals surface area contributed by atoms with E-state index in [1.807, 2.05) is 6.92 Å². The maximum absolute atomic E-state index is 12.0. The zero-order valence-electron chi connectivity index (χ0n) is 12.9. The summed E-state index contributed by atoms with van der Waals surface area (Å²) in [5.41, 5.74) is 0. The van der Waals surface area contributed by atoms with Crippen molar-refractivity contribution in [3.8, 4) is 0 Å². The fourth-order valence-corrected chi connectivity index (χ4v) is 3.36. The third-order valence-electron chi connectivity index (χ3n) is 4.58. The van der Waals surface area contributed by atoms with Crippen LogP contribution in [0.25, 0.3) is 0 Å².